The fourth-order valence-corrected chi connectivity index (χ4v) is 10.3. The zero-order chi connectivity index (χ0) is 34.9. The van der Waals surface area contributed by atoms with E-state index in [1.54, 1.807) is 0 Å². The summed E-state index contributed by atoms with van der Waals surface area (Å²) in [5, 5.41) is 0. The van der Waals surface area contributed by atoms with Crippen molar-refractivity contribution in [2.45, 2.75) is 31.1 Å². The van der Waals surface area contributed by atoms with Gasteiger partial charge in [-0.3, -0.25) is 0 Å². The zero-order valence-electron chi connectivity index (χ0n) is 29.7. The molecule has 0 aromatic heterocycles. The van der Waals surface area contributed by atoms with Gasteiger partial charge in [-0.2, -0.15) is 0 Å². The van der Waals surface area contributed by atoms with E-state index in [-0.39, 0.29) is 10.8 Å². The Kier molecular flexibility index (Phi) is 7.02. The molecular formula is C51H41N. The first-order chi connectivity index (χ1) is 25.6. The monoisotopic (exact) mass is 667 g/mol. The van der Waals surface area contributed by atoms with E-state index in [1.165, 1.54) is 61.3 Å². The van der Waals surface area contributed by atoms with Gasteiger partial charge < -0.3 is 4.90 Å². The fourth-order valence-electron chi connectivity index (χ4n) is 10.3. The first-order valence-corrected chi connectivity index (χ1v) is 18.7. The standard InChI is InChI=1S/C51H41N/c1-35-14-13-33-50(2)46-21-11-12-22-47(46)51(49(35)50)45-20-10-9-19-43(45)44-32-31-42(34-48(44)51)52(40-27-23-38(24-28-40)36-15-5-3-6-16-36)41-29-25-39(26-30-41)37-17-7-4-8-18-37/h3-13,15-35,49H,14H2,1-2H3. The van der Waals surface area contributed by atoms with E-state index in [4.69, 9.17) is 0 Å². The number of allylic oxidation sites excluding steroid dienone is 2. The Bertz CT molecular complexity index is 2380. The van der Waals surface area contributed by atoms with Crippen molar-refractivity contribution < 1.29 is 0 Å². The molecule has 4 unspecified atom stereocenters. The Morgan fingerprint density at radius 1 is 0.462 bits per heavy atom. The quantitative estimate of drug-likeness (QED) is 0.165. The van der Waals surface area contributed by atoms with Crippen LogP contribution in [0.4, 0.5) is 17.1 Å². The highest BCUT2D eigenvalue weighted by Crippen LogP contribution is 2.69. The molecule has 0 fully saturated rings. The Morgan fingerprint density at radius 2 is 0.942 bits per heavy atom. The van der Waals surface area contributed by atoms with Crippen LogP contribution in [0.25, 0.3) is 33.4 Å². The Morgan fingerprint density at radius 3 is 1.56 bits per heavy atom. The van der Waals surface area contributed by atoms with Crippen LogP contribution in [0.1, 0.15) is 42.5 Å². The van der Waals surface area contributed by atoms with Crippen LogP contribution in [-0.2, 0) is 10.8 Å². The largest absolute Gasteiger partial charge is 0.310 e. The third-order valence-corrected chi connectivity index (χ3v) is 12.4. The van der Waals surface area contributed by atoms with Gasteiger partial charge in [0.25, 0.3) is 0 Å². The summed E-state index contributed by atoms with van der Waals surface area (Å²) in [6.07, 6.45) is 6.07. The second-order valence-corrected chi connectivity index (χ2v) is 15.2. The SMILES string of the molecule is CC1CC=CC2(C)c3ccccc3C3(c4ccccc4-c4ccc(N(c5ccc(-c6ccccc6)cc5)c5ccc(-c6ccccc6)cc5)cc43)C12. The van der Waals surface area contributed by atoms with Crippen molar-refractivity contribution in [2.75, 3.05) is 4.90 Å². The summed E-state index contributed by atoms with van der Waals surface area (Å²) in [6.45, 7) is 4.98. The van der Waals surface area contributed by atoms with Crippen molar-refractivity contribution in [3.05, 3.63) is 210 Å². The van der Waals surface area contributed by atoms with Crippen molar-refractivity contribution >= 4 is 17.1 Å². The van der Waals surface area contributed by atoms with Gasteiger partial charge in [0.1, 0.15) is 0 Å². The lowest BCUT2D eigenvalue weighted by atomic mass is 9.56. The van der Waals surface area contributed by atoms with Gasteiger partial charge in [0.2, 0.25) is 0 Å². The molecule has 3 aliphatic carbocycles. The summed E-state index contributed by atoms with van der Waals surface area (Å²) in [7, 11) is 0. The number of hydrogen-bond donors (Lipinski definition) is 0. The molecule has 1 spiro atoms. The van der Waals surface area contributed by atoms with Crippen LogP contribution < -0.4 is 4.90 Å². The van der Waals surface area contributed by atoms with Crippen LogP contribution in [0.2, 0.25) is 0 Å². The highest BCUT2D eigenvalue weighted by atomic mass is 15.1. The van der Waals surface area contributed by atoms with E-state index in [0.717, 1.165) is 17.8 Å². The third kappa shape index (κ3) is 4.42. The highest BCUT2D eigenvalue weighted by molar-refractivity contribution is 5.89. The number of nitrogens with zero attached hydrogens (tertiary/aromatic N) is 1. The average Bonchev–Trinajstić information content (AvgIpc) is 3.63. The number of anilines is 3. The number of benzene rings is 7. The van der Waals surface area contributed by atoms with Gasteiger partial charge in [-0.05, 0) is 110 Å². The molecule has 250 valence electrons. The summed E-state index contributed by atoms with van der Waals surface area (Å²) in [5.41, 5.74) is 16.6. The minimum absolute atomic E-state index is 0.0563. The molecule has 0 saturated carbocycles. The lowest BCUT2D eigenvalue weighted by molar-refractivity contribution is 0.200. The lowest BCUT2D eigenvalue weighted by Crippen LogP contribution is -2.44. The first kappa shape index (κ1) is 30.9. The number of fused-ring (bicyclic) bond motifs is 10. The van der Waals surface area contributed by atoms with E-state index in [2.05, 4.69) is 207 Å². The predicted molar refractivity (Wildman–Crippen MR) is 218 cm³/mol. The Labute approximate surface area is 307 Å². The molecule has 0 N–H and O–H groups in total. The highest BCUT2D eigenvalue weighted by Gasteiger charge is 2.63. The Hall–Kier alpha value is -5.92. The van der Waals surface area contributed by atoms with E-state index in [9.17, 15) is 0 Å². The average molecular weight is 668 g/mol. The Balaban J connectivity index is 1.19. The molecule has 0 saturated heterocycles. The molecule has 52 heavy (non-hydrogen) atoms. The number of rotatable bonds is 5. The van der Waals surface area contributed by atoms with Gasteiger partial charge >= 0.3 is 0 Å². The summed E-state index contributed by atoms with van der Waals surface area (Å²) in [6, 6.07) is 65.3. The lowest BCUT2D eigenvalue weighted by Gasteiger charge is -2.46. The van der Waals surface area contributed by atoms with Gasteiger partial charge in [0.05, 0.1) is 5.41 Å². The topological polar surface area (TPSA) is 3.24 Å². The molecule has 3 aliphatic rings. The summed E-state index contributed by atoms with van der Waals surface area (Å²) >= 11 is 0. The molecule has 0 radical (unpaired) electrons. The smallest absolute Gasteiger partial charge is 0.0509 e. The van der Waals surface area contributed by atoms with Crippen LogP contribution in [0.5, 0.6) is 0 Å². The van der Waals surface area contributed by atoms with Crippen LogP contribution in [-0.4, -0.2) is 0 Å². The second-order valence-electron chi connectivity index (χ2n) is 15.2. The molecule has 0 aliphatic heterocycles. The third-order valence-electron chi connectivity index (χ3n) is 12.4. The first-order valence-electron chi connectivity index (χ1n) is 18.7. The molecule has 4 atom stereocenters. The summed E-state index contributed by atoms with van der Waals surface area (Å²) < 4.78 is 0. The van der Waals surface area contributed by atoms with Gasteiger partial charge in [-0.25, -0.2) is 0 Å². The minimum atomic E-state index is -0.253. The maximum atomic E-state index is 2.54. The maximum Gasteiger partial charge on any atom is 0.0509 e. The van der Waals surface area contributed by atoms with Crippen LogP contribution in [0.3, 0.4) is 0 Å². The van der Waals surface area contributed by atoms with Gasteiger partial charge in [0, 0.05) is 22.5 Å². The van der Waals surface area contributed by atoms with E-state index < -0.39 is 0 Å². The molecule has 0 bridgehead atoms. The van der Waals surface area contributed by atoms with Crippen molar-refractivity contribution in [1.29, 1.82) is 0 Å². The van der Waals surface area contributed by atoms with Crippen molar-refractivity contribution in [3.8, 4) is 33.4 Å². The van der Waals surface area contributed by atoms with Gasteiger partial charge in [0.15, 0.2) is 0 Å². The van der Waals surface area contributed by atoms with Crippen molar-refractivity contribution in [3.63, 3.8) is 0 Å². The fraction of sp³-hybridized carbons (Fsp3) is 0.137. The molecule has 0 heterocycles. The molecule has 1 nitrogen and oxygen atoms in total. The van der Waals surface area contributed by atoms with Gasteiger partial charge in [-0.1, -0.05) is 166 Å². The van der Waals surface area contributed by atoms with Crippen LogP contribution in [0.15, 0.2) is 188 Å². The summed E-state index contributed by atoms with van der Waals surface area (Å²) in [4.78, 5) is 2.45. The van der Waals surface area contributed by atoms with Crippen molar-refractivity contribution in [2.24, 2.45) is 11.8 Å². The van der Waals surface area contributed by atoms with Crippen LogP contribution in [0, 0.1) is 11.8 Å². The molecule has 1 heteroatoms. The normalized spacial score (nSPS) is 22.0. The van der Waals surface area contributed by atoms with E-state index in [0.29, 0.717) is 11.8 Å². The molecule has 7 aromatic rings. The van der Waals surface area contributed by atoms with E-state index in [1.807, 2.05) is 0 Å². The molecular weight excluding hydrogens is 627 g/mol. The molecule has 10 rings (SSSR count). The maximum absolute atomic E-state index is 2.54. The molecule has 7 aromatic carbocycles. The minimum Gasteiger partial charge on any atom is -0.310 e. The number of hydrogen-bond acceptors (Lipinski definition) is 1. The van der Waals surface area contributed by atoms with Crippen molar-refractivity contribution in [1.82, 2.24) is 0 Å². The summed E-state index contributed by atoms with van der Waals surface area (Å²) in [5.74, 6) is 0.904. The zero-order valence-corrected chi connectivity index (χ0v) is 29.7. The van der Waals surface area contributed by atoms with Crippen LogP contribution >= 0.6 is 0 Å². The molecule has 0 amide bonds. The second kappa shape index (κ2) is 11.8. The van der Waals surface area contributed by atoms with E-state index >= 15 is 0 Å². The predicted octanol–water partition coefficient (Wildman–Crippen LogP) is 13.3. The van der Waals surface area contributed by atoms with Gasteiger partial charge in [-0.15, -0.1) is 0 Å².